The predicted molar refractivity (Wildman–Crippen MR) is 64.1 cm³/mol. The molecule has 1 saturated heterocycles. The van der Waals surface area contributed by atoms with Crippen molar-refractivity contribution in [3.8, 4) is 0 Å². The zero-order valence-electron chi connectivity index (χ0n) is 8.36. The number of aliphatic hydroxyl groups is 1. The van der Waals surface area contributed by atoms with Crippen molar-refractivity contribution in [2.75, 3.05) is 26.4 Å². The van der Waals surface area contributed by atoms with Crippen molar-refractivity contribution < 1.29 is 9.84 Å². The Labute approximate surface area is 102 Å². The first-order valence-electron chi connectivity index (χ1n) is 4.96. The summed E-state index contributed by atoms with van der Waals surface area (Å²) in [5, 5.41) is 9.22. The lowest BCUT2D eigenvalue weighted by Crippen LogP contribution is -2.46. The fourth-order valence-corrected chi connectivity index (χ4v) is 3.21. The van der Waals surface area contributed by atoms with Gasteiger partial charge in [-0.3, -0.25) is 4.90 Å². The van der Waals surface area contributed by atoms with Gasteiger partial charge in [-0.05, 0) is 28.1 Å². The lowest BCUT2D eigenvalue weighted by molar-refractivity contribution is -0.0308. The maximum Gasteiger partial charge on any atom is 0.0701 e. The fourth-order valence-electron chi connectivity index (χ4n) is 1.70. The van der Waals surface area contributed by atoms with Crippen LogP contribution in [-0.2, 0) is 11.3 Å². The van der Waals surface area contributed by atoms with Crippen LogP contribution < -0.4 is 0 Å². The average Bonchev–Trinajstić information content (AvgIpc) is 2.65. The summed E-state index contributed by atoms with van der Waals surface area (Å²) in [6, 6.07) is 4.34. The Bertz CT molecular complexity index is 318. The van der Waals surface area contributed by atoms with Crippen LogP contribution >= 0.6 is 27.3 Å². The first-order valence-corrected chi connectivity index (χ1v) is 6.57. The summed E-state index contributed by atoms with van der Waals surface area (Å²) in [6.45, 7) is 3.39. The number of halogens is 1. The largest absolute Gasteiger partial charge is 0.395 e. The van der Waals surface area contributed by atoms with Crippen molar-refractivity contribution in [3.63, 3.8) is 0 Å². The van der Waals surface area contributed by atoms with Crippen molar-refractivity contribution >= 4 is 27.3 Å². The van der Waals surface area contributed by atoms with Crippen LogP contribution in [0.3, 0.4) is 0 Å². The molecule has 0 amide bonds. The normalized spacial score (nSPS) is 23.2. The van der Waals surface area contributed by atoms with Crippen LogP contribution in [0.15, 0.2) is 15.9 Å². The summed E-state index contributed by atoms with van der Waals surface area (Å²) in [4.78, 5) is 3.60. The number of nitrogens with zero attached hydrogens (tertiary/aromatic N) is 1. The van der Waals surface area contributed by atoms with Crippen molar-refractivity contribution in [1.82, 2.24) is 4.90 Å². The second-order valence-electron chi connectivity index (χ2n) is 3.59. The van der Waals surface area contributed by atoms with Crippen LogP contribution in [0.2, 0.25) is 0 Å². The second-order valence-corrected chi connectivity index (χ2v) is 6.14. The summed E-state index contributed by atoms with van der Waals surface area (Å²) >= 11 is 5.20. The van der Waals surface area contributed by atoms with E-state index in [0.29, 0.717) is 6.61 Å². The maximum absolute atomic E-state index is 9.22. The summed E-state index contributed by atoms with van der Waals surface area (Å²) in [6.07, 6.45) is 0. The Morgan fingerprint density at radius 1 is 1.60 bits per heavy atom. The molecule has 1 aromatic heterocycles. The van der Waals surface area contributed by atoms with Crippen LogP contribution in [0.4, 0.5) is 0 Å². The molecule has 1 aliphatic heterocycles. The molecule has 0 spiro atoms. The fraction of sp³-hybridized carbons (Fsp3) is 0.600. The van der Waals surface area contributed by atoms with Gasteiger partial charge in [0.05, 0.1) is 29.6 Å². The quantitative estimate of drug-likeness (QED) is 0.920. The van der Waals surface area contributed by atoms with E-state index in [9.17, 15) is 5.11 Å². The van der Waals surface area contributed by atoms with E-state index < -0.39 is 0 Å². The molecular weight excluding hydrogens is 278 g/mol. The lowest BCUT2D eigenvalue weighted by Gasteiger charge is -2.33. The predicted octanol–water partition coefficient (Wildman–Crippen LogP) is 1.70. The first kappa shape index (κ1) is 11.5. The molecule has 2 heterocycles. The van der Waals surface area contributed by atoms with Crippen molar-refractivity contribution in [1.29, 1.82) is 0 Å². The van der Waals surface area contributed by atoms with Crippen LogP contribution in [0.5, 0.6) is 0 Å². The van der Waals surface area contributed by atoms with Gasteiger partial charge < -0.3 is 9.84 Å². The highest BCUT2D eigenvalue weighted by atomic mass is 79.9. The van der Waals surface area contributed by atoms with Gasteiger partial charge in [-0.15, -0.1) is 11.3 Å². The van der Waals surface area contributed by atoms with E-state index in [1.165, 1.54) is 4.88 Å². The molecule has 1 fully saturated rings. The number of ether oxygens (including phenoxy) is 1. The minimum Gasteiger partial charge on any atom is -0.395 e. The van der Waals surface area contributed by atoms with Gasteiger partial charge in [-0.1, -0.05) is 0 Å². The highest BCUT2D eigenvalue weighted by Crippen LogP contribution is 2.24. The summed E-state index contributed by atoms with van der Waals surface area (Å²) in [7, 11) is 0. The van der Waals surface area contributed by atoms with Gasteiger partial charge in [-0.2, -0.15) is 0 Å². The monoisotopic (exact) mass is 291 g/mol. The maximum atomic E-state index is 9.22. The first-order chi connectivity index (χ1) is 7.29. The third kappa shape index (κ3) is 3.01. The molecule has 0 aromatic carbocycles. The Morgan fingerprint density at radius 3 is 3.13 bits per heavy atom. The zero-order valence-corrected chi connectivity index (χ0v) is 10.8. The van der Waals surface area contributed by atoms with E-state index >= 15 is 0 Å². The van der Waals surface area contributed by atoms with E-state index in [2.05, 4.69) is 33.0 Å². The third-order valence-corrected chi connectivity index (χ3v) is 4.16. The molecule has 15 heavy (non-hydrogen) atoms. The minimum atomic E-state index is 0.152. The molecular formula is C10H14BrNO2S. The molecule has 1 atom stereocenters. The Kier molecular flexibility index (Phi) is 4.16. The molecule has 3 nitrogen and oxygen atoms in total. The molecule has 2 rings (SSSR count). The van der Waals surface area contributed by atoms with Crippen molar-refractivity contribution in [2.45, 2.75) is 12.6 Å². The van der Waals surface area contributed by atoms with Crippen LogP contribution in [0, 0.1) is 0 Å². The molecule has 0 saturated carbocycles. The topological polar surface area (TPSA) is 32.7 Å². The van der Waals surface area contributed by atoms with Gasteiger partial charge in [0, 0.05) is 18.0 Å². The van der Waals surface area contributed by atoms with Gasteiger partial charge in [0.1, 0.15) is 0 Å². The van der Waals surface area contributed by atoms with Gasteiger partial charge in [-0.25, -0.2) is 0 Å². The third-order valence-electron chi connectivity index (χ3n) is 2.55. The summed E-state index contributed by atoms with van der Waals surface area (Å²) in [5.41, 5.74) is 0. The van der Waals surface area contributed by atoms with E-state index in [4.69, 9.17) is 4.74 Å². The summed E-state index contributed by atoms with van der Waals surface area (Å²) in [5.74, 6) is 0. The van der Waals surface area contributed by atoms with E-state index in [0.717, 1.165) is 23.5 Å². The number of hydrogen-bond donors (Lipinski definition) is 1. The van der Waals surface area contributed by atoms with Crippen LogP contribution in [0.25, 0.3) is 0 Å². The average molecular weight is 292 g/mol. The van der Waals surface area contributed by atoms with E-state index in [1.54, 1.807) is 11.3 Å². The molecule has 1 aromatic rings. The molecule has 84 valence electrons. The van der Waals surface area contributed by atoms with Gasteiger partial charge in [0.15, 0.2) is 0 Å². The van der Waals surface area contributed by atoms with Crippen LogP contribution in [-0.4, -0.2) is 42.4 Å². The molecule has 0 radical (unpaired) electrons. The van der Waals surface area contributed by atoms with Gasteiger partial charge in [0.2, 0.25) is 0 Å². The number of hydrogen-bond acceptors (Lipinski definition) is 4. The van der Waals surface area contributed by atoms with Crippen LogP contribution in [0.1, 0.15) is 4.88 Å². The molecule has 1 unspecified atom stereocenters. The number of aliphatic hydroxyl groups excluding tert-OH is 1. The highest BCUT2D eigenvalue weighted by molar-refractivity contribution is 9.11. The highest BCUT2D eigenvalue weighted by Gasteiger charge is 2.22. The second kappa shape index (κ2) is 5.41. The molecule has 5 heteroatoms. The molecule has 1 N–H and O–H groups in total. The number of morpholine rings is 1. The standard InChI is InChI=1S/C10H14BrNO2S/c11-10-2-1-9(15-10)5-12-3-4-14-7-8(12)6-13/h1-2,8,13H,3-7H2. The SMILES string of the molecule is OCC1COCCN1Cc1ccc(Br)s1. The molecule has 0 aliphatic carbocycles. The van der Waals surface area contributed by atoms with Gasteiger partial charge in [0.25, 0.3) is 0 Å². The van der Waals surface area contributed by atoms with Crippen molar-refractivity contribution in [2.24, 2.45) is 0 Å². The Balaban J connectivity index is 1.97. The summed E-state index contributed by atoms with van der Waals surface area (Å²) < 4.78 is 6.50. The smallest absolute Gasteiger partial charge is 0.0701 e. The van der Waals surface area contributed by atoms with Gasteiger partial charge >= 0.3 is 0 Å². The number of thiophene rings is 1. The zero-order chi connectivity index (χ0) is 10.7. The van der Waals surface area contributed by atoms with Crippen molar-refractivity contribution in [3.05, 3.63) is 20.8 Å². The minimum absolute atomic E-state index is 0.152. The van der Waals surface area contributed by atoms with E-state index in [-0.39, 0.29) is 12.6 Å². The number of rotatable bonds is 3. The Morgan fingerprint density at radius 2 is 2.47 bits per heavy atom. The molecule has 1 aliphatic rings. The lowest BCUT2D eigenvalue weighted by atomic mass is 10.2. The molecule has 0 bridgehead atoms. The Hall–Kier alpha value is 0.0600. The van der Waals surface area contributed by atoms with E-state index in [1.807, 2.05) is 0 Å².